The number of rotatable bonds is 11. The van der Waals surface area contributed by atoms with E-state index < -0.39 is 12.2 Å². The molecule has 318 valence electrons. The average molecular weight is 806 g/mol. The number of hydrogen-bond acceptors (Lipinski definition) is 10. The number of hydrogen-bond donors (Lipinski definition) is 2. The zero-order valence-electron chi connectivity index (χ0n) is 33.9. The summed E-state index contributed by atoms with van der Waals surface area (Å²) in [6, 6.07) is 11.8. The van der Waals surface area contributed by atoms with E-state index in [1.165, 1.54) is 4.90 Å². The van der Waals surface area contributed by atoms with E-state index >= 15 is 0 Å². The highest BCUT2D eigenvalue weighted by Gasteiger charge is 2.36. The van der Waals surface area contributed by atoms with Gasteiger partial charge in [0.15, 0.2) is 12.7 Å². The van der Waals surface area contributed by atoms with E-state index in [1.807, 2.05) is 55.1 Å². The minimum Gasteiger partial charge on any atom is -0.507 e. The number of fused-ring (bicyclic) bond motifs is 1. The number of aryl methyl sites for hydroxylation is 2. The van der Waals surface area contributed by atoms with Crippen molar-refractivity contribution in [3.8, 4) is 5.75 Å². The van der Waals surface area contributed by atoms with Gasteiger partial charge in [-0.3, -0.25) is 19.3 Å². The Bertz CT molecular complexity index is 1740. The predicted octanol–water partition coefficient (Wildman–Crippen LogP) is 3.88. The van der Waals surface area contributed by atoms with Crippen LogP contribution >= 0.6 is 0 Å². The van der Waals surface area contributed by atoms with Gasteiger partial charge in [-0.15, -0.1) is 0 Å². The second-order valence-electron chi connectivity index (χ2n) is 16.0. The Morgan fingerprint density at radius 1 is 0.862 bits per heavy atom. The van der Waals surface area contributed by atoms with Gasteiger partial charge in [0.1, 0.15) is 5.75 Å². The largest absolute Gasteiger partial charge is 0.507 e. The number of likely N-dealkylation sites (tertiary alicyclic amines) is 2. The van der Waals surface area contributed by atoms with Crippen molar-refractivity contribution in [3.05, 3.63) is 58.7 Å². The molecule has 0 spiro atoms. The molecule has 2 aromatic rings. The molecule has 15 heteroatoms. The van der Waals surface area contributed by atoms with Gasteiger partial charge in [0.05, 0.1) is 6.42 Å². The number of urea groups is 1. The first-order chi connectivity index (χ1) is 27.4. The van der Waals surface area contributed by atoms with Crippen LogP contribution in [0.25, 0.3) is 0 Å². The summed E-state index contributed by atoms with van der Waals surface area (Å²) in [6.45, 7) is 9.59. The SMILES string of the molecule is C.Cc1cc(C[C@@H](OC(=O)N2CCC(N3CCc4ccccc4NC3=O)CC2)C(=O)N2CCN(C3CCN(CCC(=O)OCC(=O)N(C)C)CC3)CC2)cc(C)c1O. The van der Waals surface area contributed by atoms with Crippen molar-refractivity contribution in [3.63, 3.8) is 0 Å². The van der Waals surface area contributed by atoms with Crippen LogP contribution in [-0.2, 0) is 36.7 Å². The number of carbonyl (C=O) groups excluding carboxylic acids is 5. The topological polar surface area (TPSA) is 156 Å². The lowest BCUT2D eigenvalue weighted by Crippen LogP contribution is -2.56. The summed E-state index contributed by atoms with van der Waals surface area (Å²) in [5.74, 6) is -0.634. The summed E-state index contributed by atoms with van der Waals surface area (Å²) in [7, 11) is 3.25. The van der Waals surface area contributed by atoms with Gasteiger partial charge in [-0.05, 0) is 87.4 Å². The van der Waals surface area contributed by atoms with Gasteiger partial charge in [-0.2, -0.15) is 0 Å². The molecule has 15 nitrogen and oxygen atoms in total. The van der Waals surface area contributed by atoms with Crippen LogP contribution in [-0.4, -0.2) is 169 Å². The molecule has 0 radical (unpaired) electrons. The Balaban J connectivity index is 0.00000641. The fourth-order valence-electron chi connectivity index (χ4n) is 8.46. The molecule has 3 saturated heterocycles. The molecule has 3 fully saturated rings. The molecular weight excluding hydrogens is 743 g/mol. The Morgan fingerprint density at radius 3 is 2.16 bits per heavy atom. The monoisotopic (exact) mass is 805 g/mol. The number of piperidine rings is 2. The standard InChI is InChI=1S/C42H59N7O8.CH4/c1-29-25-31(26-30(2)39(29)52)27-36(57-42(55)48-18-12-34(13-19-48)49-20-9-32-7-5-6-8-35(32)43-41(49)54)40(53)47-23-21-46(22-24-47)33-10-15-45(16-11-33)17-14-38(51)56-28-37(50)44(3)4;/h5-8,25-26,33-34,36,52H,9-24,27-28H2,1-4H3,(H,43,54);1H4/t36-;/m1./s1. The van der Waals surface area contributed by atoms with Crippen molar-refractivity contribution < 1.29 is 38.6 Å². The van der Waals surface area contributed by atoms with E-state index in [2.05, 4.69) is 15.1 Å². The second-order valence-corrected chi connectivity index (χ2v) is 16.0. The normalized spacial score (nSPS) is 19.0. The maximum Gasteiger partial charge on any atom is 0.410 e. The Hall–Kier alpha value is -4.89. The summed E-state index contributed by atoms with van der Waals surface area (Å²) >= 11 is 0. The van der Waals surface area contributed by atoms with E-state index in [9.17, 15) is 29.1 Å². The molecule has 0 aliphatic carbocycles. The highest BCUT2D eigenvalue weighted by molar-refractivity contribution is 5.91. The summed E-state index contributed by atoms with van der Waals surface area (Å²) in [5, 5.41) is 13.4. The molecule has 4 aliphatic heterocycles. The quantitative estimate of drug-likeness (QED) is 0.320. The number of nitrogens with zero attached hydrogens (tertiary/aromatic N) is 6. The van der Waals surface area contributed by atoms with Crippen LogP contribution in [0.2, 0.25) is 0 Å². The highest BCUT2D eigenvalue weighted by atomic mass is 16.6. The van der Waals surface area contributed by atoms with E-state index in [-0.39, 0.29) is 62.5 Å². The Labute approximate surface area is 343 Å². The highest BCUT2D eigenvalue weighted by Crippen LogP contribution is 2.27. The van der Waals surface area contributed by atoms with Gasteiger partial charge < -0.3 is 44.4 Å². The zero-order chi connectivity index (χ0) is 40.6. The number of phenolic OH excluding ortho intramolecular Hbond substituents is 1. The van der Waals surface area contributed by atoms with Crippen LogP contribution in [0.1, 0.15) is 61.8 Å². The summed E-state index contributed by atoms with van der Waals surface area (Å²) in [4.78, 5) is 76.3. The van der Waals surface area contributed by atoms with Crippen molar-refractivity contribution in [1.82, 2.24) is 29.4 Å². The zero-order valence-corrected chi connectivity index (χ0v) is 33.9. The number of nitrogens with one attached hydrogen (secondary N) is 1. The lowest BCUT2D eigenvalue weighted by Gasteiger charge is -2.43. The van der Waals surface area contributed by atoms with Gasteiger partial charge in [0.2, 0.25) is 0 Å². The van der Waals surface area contributed by atoms with Crippen LogP contribution in [0, 0.1) is 13.8 Å². The number of para-hydroxylation sites is 1. The molecule has 4 heterocycles. The summed E-state index contributed by atoms with van der Waals surface area (Å²) in [5.41, 5.74) is 4.15. The maximum absolute atomic E-state index is 14.2. The first-order valence-corrected chi connectivity index (χ1v) is 20.4. The molecule has 5 amide bonds. The summed E-state index contributed by atoms with van der Waals surface area (Å²) < 4.78 is 11.2. The van der Waals surface area contributed by atoms with Gasteiger partial charge in [-0.1, -0.05) is 37.8 Å². The number of esters is 1. The number of benzene rings is 2. The minimum atomic E-state index is -1.03. The predicted molar refractivity (Wildman–Crippen MR) is 221 cm³/mol. The molecule has 0 unspecified atom stereocenters. The minimum absolute atomic E-state index is 0. The maximum atomic E-state index is 14.2. The first-order valence-electron chi connectivity index (χ1n) is 20.4. The lowest BCUT2D eigenvalue weighted by molar-refractivity contribution is -0.151. The van der Waals surface area contributed by atoms with Crippen molar-refractivity contribution in [2.24, 2.45) is 0 Å². The van der Waals surface area contributed by atoms with Crippen LogP contribution in [0.5, 0.6) is 5.75 Å². The Kier molecular flexibility index (Phi) is 15.4. The molecule has 0 aromatic heterocycles. The second kappa shape index (κ2) is 20.2. The third-order valence-corrected chi connectivity index (χ3v) is 12.0. The van der Waals surface area contributed by atoms with Crippen LogP contribution in [0.4, 0.5) is 15.3 Å². The smallest absolute Gasteiger partial charge is 0.410 e. The molecule has 0 saturated carbocycles. The fourth-order valence-corrected chi connectivity index (χ4v) is 8.46. The molecule has 58 heavy (non-hydrogen) atoms. The van der Waals surface area contributed by atoms with Crippen LogP contribution in [0.3, 0.4) is 0 Å². The fraction of sp³-hybridized carbons (Fsp3) is 0.605. The van der Waals surface area contributed by atoms with Crippen LogP contribution in [0.15, 0.2) is 36.4 Å². The average Bonchev–Trinajstić information content (AvgIpc) is 3.38. The van der Waals surface area contributed by atoms with E-state index in [4.69, 9.17) is 9.47 Å². The summed E-state index contributed by atoms with van der Waals surface area (Å²) in [6.07, 6.45) is 2.75. The molecule has 6 rings (SSSR count). The van der Waals surface area contributed by atoms with Gasteiger partial charge in [-0.25, -0.2) is 9.59 Å². The van der Waals surface area contributed by atoms with Crippen LogP contribution < -0.4 is 5.32 Å². The number of anilines is 1. The van der Waals surface area contributed by atoms with E-state index in [0.29, 0.717) is 82.4 Å². The molecule has 0 bridgehead atoms. The van der Waals surface area contributed by atoms with E-state index in [1.54, 1.807) is 23.9 Å². The molecule has 2 aromatic carbocycles. The molecule has 2 N–H and O–H groups in total. The van der Waals surface area contributed by atoms with Crippen molar-refractivity contribution >= 4 is 35.6 Å². The lowest BCUT2D eigenvalue weighted by atomic mass is 10.00. The number of piperazine rings is 1. The van der Waals surface area contributed by atoms with Gasteiger partial charge in [0.25, 0.3) is 11.8 Å². The number of amides is 5. The van der Waals surface area contributed by atoms with E-state index in [0.717, 1.165) is 49.2 Å². The van der Waals surface area contributed by atoms with Crippen molar-refractivity contribution in [1.29, 1.82) is 0 Å². The molecule has 4 aliphatic rings. The Morgan fingerprint density at radius 2 is 1.50 bits per heavy atom. The van der Waals surface area contributed by atoms with Crippen molar-refractivity contribution in [2.75, 3.05) is 91.5 Å². The number of aromatic hydroxyl groups is 1. The van der Waals surface area contributed by atoms with Gasteiger partial charge in [0, 0.05) is 90.6 Å². The number of likely N-dealkylation sites (N-methyl/N-ethyl adjacent to an activating group) is 1. The van der Waals surface area contributed by atoms with Crippen molar-refractivity contribution in [2.45, 2.75) is 84.4 Å². The van der Waals surface area contributed by atoms with Gasteiger partial charge >= 0.3 is 18.1 Å². The molecule has 1 atom stereocenters. The first kappa shape index (κ1) is 44.2. The third-order valence-electron chi connectivity index (χ3n) is 12.0. The number of carbonyl (C=O) groups is 5. The molecular formula is C43H63N7O8. The third kappa shape index (κ3) is 11.2. The number of phenols is 1. The number of ether oxygens (including phenoxy) is 2.